The summed E-state index contributed by atoms with van der Waals surface area (Å²) in [4.78, 5) is 0. The van der Waals surface area contributed by atoms with E-state index in [1.165, 1.54) is 33.0 Å². The van der Waals surface area contributed by atoms with Crippen LogP contribution in [0.2, 0.25) is 0 Å². The SMILES string of the molecule is Cc1cc(C)cc(-c2cccc3[cH-]ccc23)c1.[Li+]. The Bertz CT molecular complexity index is 657. The van der Waals surface area contributed by atoms with Crippen molar-refractivity contribution in [2.75, 3.05) is 0 Å². The van der Waals surface area contributed by atoms with Crippen molar-refractivity contribution in [3.8, 4) is 11.1 Å². The van der Waals surface area contributed by atoms with E-state index in [0.29, 0.717) is 0 Å². The predicted molar refractivity (Wildman–Crippen MR) is 74.5 cm³/mol. The summed E-state index contributed by atoms with van der Waals surface area (Å²) in [6.45, 7) is 4.31. The Morgan fingerprint density at radius 2 is 1.61 bits per heavy atom. The van der Waals surface area contributed by atoms with Gasteiger partial charge in [-0.3, -0.25) is 0 Å². The van der Waals surface area contributed by atoms with Gasteiger partial charge in [-0.15, -0.1) is 29.0 Å². The molecule has 0 nitrogen and oxygen atoms in total. The van der Waals surface area contributed by atoms with Crippen LogP contribution < -0.4 is 18.9 Å². The third-order valence-corrected chi connectivity index (χ3v) is 3.21. The van der Waals surface area contributed by atoms with Gasteiger partial charge in [0.2, 0.25) is 0 Å². The summed E-state index contributed by atoms with van der Waals surface area (Å²) in [7, 11) is 0. The molecule has 0 heterocycles. The average molecular weight is 226 g/mol. The fourth-order valence-electron chi connectivity index (χ4n) is 2.54. The fourth-order valence-corrected chi connectivity index (χ4v) is 2.54. The van der Waals surface area contributed by atoms with Crippen LogP contribution in [0.5, 0.6) is 0 Å². The van der Waals surface area contributed by atoms with Crippen molar-refractivity contribution in [1.82, 2.24) is 0 Å². The minimum atomic E-state index is 0. The van der Waals surface area contributed by atoms with Crippen LogP contribution in [0, 0.1) is 13.8 Å². The molecule has 84 valence electrons. The fraction of sp³-hybridized carbons (Fsp3) is 0.118. The van der Waals surface area contributed by atoms with Crippen LogP contribution in [0.3, 0.4) is 0 Å². The van der Waals surface area contributed by atoms with Crippen molar-refractivity contribution in [2.24, 2.45) is 0 Å². The zero-order chi connectivity index (χ0) is 11.8. The molecule has 0 bridgehead atoms. The minimum Gasteiger partial charge on any atom is -0.168 e. The third kappa shape index (κ3) is 2.27. The standard InChI is InChI=1S/C17H15.Li/c1-12-9-13(2)11-15(10-12)17-8-4-6-14-5-3-7-16(14)17;/h3-11H,1-2H3;/q-1;+1. The Morgan fingerprint density at radius 3 is 2.33 bits per heavy atom. The molecule has 3 aromatic rings. The van der Waals surface area contributed by atoms with Gasteiger partial charge in [0, 0.05) is 0 Å². The predicted octanol–water partition coefficient (Wildman–Crippen LogP) is 1.85. The molecule has 1 heteroatoms. The second-order valence-corrected chi connectivity index (χ2v) is 4.71. The van der Waals surface area contributed by atoms with Crippen LogP contribution >= 0.6 is 0 Å². The van der Waals surface area contributed by atoms with Crippen molar-refractivity contribution in [3.63, 3.8) is 0 Å². The summed E-state index contributed by atoms with van der Waals surface area (Å²) in [5.41, 5.74) is 5.30. The molecule has 0 aliphatic heterocycles. The first-order chi connectivity index (χ1) is 8.24. The molecular formula is C17H15Li. The first-order valence-electron chi connectivity index (χ1n) is 5.97. The molecule has 3 rings (SSSR count). The van der Waals surface area contributed by atoms with Crippen LogP contribution in [0.15, 0.2) is 54.6 Å². The average Bonchev–Trinajstić information content (AvgIpc) is 2.75. The topological polar surface area (TPSA) is 0 Å². The van der Waals surface area contributed by atoms with Gasteiger partial charge in [-0.2, -0.15) is 12.1 Å². The van der Waals surface area contributed by atoms with Gasteiger partial charge in [0.05, 0.1) is 0 Å². The molecule has 0 atom stereocenters. The molecule has 0 N–H and O–H groups in total. The Kier molecular flexibility index (Phi) is 3.71. The van der Waals surface area contributed by atoms with Crippen molar-refractivity contribution < 1.29 is 18.9 Å². The van der Waals surface area contributed by atoms with E-state index in [4.69, 9.17) is 0 Å². The largest absolute Gasteiger partial charge is 1.00 e. The van der Waals surface area contributed by atoms with E-state index in [0.717, 1.165) is 0 Å². The first-order valence-corrected chi connectivity index (χ1v) is 5.97. The number of fused-ring (bicyclic) bond motifs is 1. The zero-order valence-electron chi connectivity index (χ0n) is 11.2. The normalized spacial score (nSPS) is 10.3. The molecule has 0 unspecified atom stereocenters. The molecule has 0 saturated carbocycles. The summed E-state index contributed by atoms with van der Waals surface area (Å²) in [5, 5.41) is 2.67. The maximum atomic E-state index is 2.26. The molecule has 0 aliphatic rings. The molecule has 3 aromatic carbocycles. The molecule has 0 fully saturated rings. The van der Waals surface area contributed by atoms with Gasteiger partial charge in [-0.1, -0.05) is 41.0 Å². The monoisotopic (exact) mass is 226 g/mol. The molecule has 0 radical (unpaired) electrons. The van der Waals surface area contributed by atoms with Crippen LogP contribution in [-0.2, 0) is 0 Å². The third-order valence-electron chi connectivity index (χ3n) is 3.21. The van der Waals surface area contributed by atoms with E-state index in [1.807, 2.05) is 0 Å². The van der Waals surface area contributed by atoms with Crippen molar-refractivity contribution >= 4 is 10.8 Å². The van der Waals surface area contributed by atoms with Gasteiger partial charge in [-0.05, 0) is 19.4 Å². The summed E-state index contributed by atoms with van der Waals surface area (Å²) < 4.78 is 0. The molecule has 0 amide bonds. The Balaban J connectivity index is 0.00000120. The molecule has 0 aromatic heterocycles. The summed E-state index contributed by atoms with van der Waals surface area (Å²) in [5.74, 6) is 0. The van der Waals surface area contributed by atoms with Crippen molar-refractivity contribution in [1.29, 1.82) is 0 Å². The van der Waals surface area contributed by atoms with Gasteiger partial charge >= 0.3 is 18.9 Å². The van der Waals surface area contributed by atoms with Gasteiger partial charge in [0.25, 0.3) is 0 Å². The van der Waals surface area contributed by atoms with Gasteiger partial charge in [0.1, 0.15) is 0 Å². The smallest absolute Gasteiger partial charge is 0.168 e. The maximum absolute atomic E-state index is 2.26. The van der Waals surface area contributed by atoms with Gasteiger partial charge in [0.15, 0.2) is 0 Å². The van der Waals surface area contributed by atoms with Crippen molar-refractivity contribution in [3.05, 3.63) is 65.7 Å². The number of hydrogen-bond acceptors (Lipinski definition) is 0. The number of rotatable bonds is 1. The molecule has 0 aliphatic carbocycles. The van der Waals surface area contributed by atoms with Crippen molar-refractivity contribution in [2.45, 2.75) is 13.8 Å². The number of aryl methyl sites for hydroxylation is 2. The van der Waals surface area contributed by atoms with E-state index >= 15 is 0 Å². The van der Waals surface area contributed by atoms with Crippen LogP contribution in [-0.4, -0.2) is 0 Å². The summed E-state index contributed by atoms with van der Waals surface area (Å²) in [6, 6.07) is 19.7. The molecule has 18 heavy (non-hydrogen) atoms. The zero-order valence-corrected chi connectivity index (χ0v) is 11.2. The summed E-state index contributed by atoms with van der Waals surface area (Å²) in [6.07, 6.45) is 0. The molecule has 0 spiro atoms. The van der Waals surface area contributed by atoms with E-state index in [2.05, 4.69) is 68.4 Å². The maximum Gasteiger partial charge on any atom is 1.00 e. The number of hydrogen-bond donors (Lipinski definition) is 0. The Hall–Kier alpha value is -1.35. The minimum absolute atomic E-state index is 0. The number of benzene rings is 2. The van der Waals surface area contributed by atoms with E-state index in [9.17, 15) is 0 Å². The van der Waals surface area contributed by atoms with Crippen LogP contribution in [0.4, 0.5) is 0 Å². The second-order valence-electron chi connectivity index (χ2n) is 4.71. The second kappa shape index (κ2) is 5.10. The van der Waals surface area contributed by atoms with Crippen LogP contribution in [0.25, 0.3) is 21.9 Å². The first kappa shape index (κ1) is 13.1. The molecule has 0 saturated heterocycles. The Labute approximate surface area is 120 Å². The summed E-state index contributed by atoms with van der Waals surface area (Å²) >= 11 is 0. The Morgan fingerprint density at radius 1 is 0.889 bits per heavy atom. The van der Waals surface area contributed by atoms with Gasteiger partial charge < -0.3 is 0 Å². The van der Waals surface area contributed by atoms with Crippen LogP contribution in [0.1, 0.15) is 11.1 Å². The van der Waals surface area contributed by atoms with E-state index in [1.54, 1.807) is 0 Å². The van der Waals surface area contributed by atoms with E-state index in [-0.39, 0.29) is 18.9 Å². The van der Waals surface area contributed by atoms with Gasteiger partial charge in [-0.25, -0.2) is 0 Å². The quantitative estimate of drug-likeness (QED) is 0.439. The molecular weight excluding hydrogens is 211 g/mol. The van der Waals surface area contributed by atoms with E-state index < -0.39 is 0 Å².